The van der Waals surface area contributed by atoms with Crippen molar-refractivity contribution in [2.45, 2.75) is 39.2 Å². The zero-order chi connectivity index (χ0) is 23.8. The van der Waals surface area contributed by atoms with Crippen LogP contribution in [0.25, 0.3) is 11.1 Å². The lowest BCUT2D eigenvalue weighted by Gasteiger charge is -2.18. The van der Waals surface area contributed by atoms with Crippen LogP contribution in [0.3, 0.4) is 0 Å². The number of carbonyl (C=O) groups excluding carboxylic acids is 2. The third kappa shape index (κ3) is 6.38. The molecule has 2 aromatic rings. The van der Waals surface area contributed by atoms with Crippen molar-refractivity contribution in [1.82, 2.24) is 14.6 Å². The molecule has 0 saturated heterocycles. The van der Waals surface area contributed by atoms with Crippen LogP contribution in [0.15, 0.2) is 53.7 Å². The van der Waals surface area contributed by atoms with E-state index < -0.39 is 0 Å². The third-order valence-corrected chi connectivity index (χ3v) is 6.35. The van der Waals surface area contributed by atoms with Crippen LogP contribution in [0.1, 0.15) is 31.4 Å². The summed E-state index contributed by atoms with van der Waals surface area (Å²) in [5.41, 5.74) is 5.04. The van der Waals surface area contributed by atoms with Crippen molar-refractivity contribution in [3.8, 4) is 17.0 Å². The molecule has 0 bridgehead atoms. The van der Waals surface area contributed by atoms with Gasteiger partial charge in [-0.25, -0.2) is 9.78 Å². The number of aromatic nitrogens is 1. The first-order valence-corrected chi connectivity index (χ1v) is 11.7. The quantitative estimate of drug-likeness (QED) is 0.235. The van der Waals surface area contributed by atoms with Gasteiger partial charge >= 0.3 is 6.03 Å². The second kappa shape index (κ2) is 11.6. The highest BCUT2D eigenvalue weighted by atomic mass is 32.2. The van der Waals surface area contributed by atoms with Crippen LogP contribution in [-0.4, -0.2) is 42.4 Å². The smallest absolute Gasteiger partial charge is 0.329 e. The van der Waals surface area contributed by atoms with Crippen LogP contribution in [0.5, 0.6) is 5.88 Å². The number of urea groups is 1. The molecular formula is C25H30N4O3S. The molecule has 2 amide bonds. The molecule has 3 rings (SSSR count). The Balaban J connectivity index is 1.79. The van der Waals surface area contributed by atoms with Gasteiger partial charge in [-0.05, 0) is 80.0 Å². The standard InChI is InChI=1S/C25H30N4O3S/c1-17(2)29(3)14-11-20(12-15-30)33-28-25(31)27-24-21-7-5-6-18(21)8-9-22(24)19-10-13-26-23(16-19)32-4/h8-17H,5-7H2,1-4H3,(H2,27,28,31)/b14-11-,20-12+. The van der Waals surface area contributed by atoms with Crippen LogP contribution in [0, 0.1) is 0 Å². The van der Waals surface area contributed by atoms with E-state index in [4.69, 9.17) is 4.74 Å². The Morgan fingerprint density at radius 1 is 1.27 bits per heavy atom. The summed E-state index contributed by atoms with van der Waals surface area (Å²) in [6.45, 7) is 4.14. The van der Waals surface area contributed by atoms with E-state index in [1.54, 1.807) is 19.4 Å². The molecule has 0 saturated carbocycles. The van der Waals surface area contributed by atoms with Gasteiger partial charge in [0, 0.05) is 42.0 Å². The summed E-state index contributed by atoms with van der Waals surface area (Å²) >= 11 is 1.09. The van der Waals surface area contributed by atoms with Gasteiger partial charge in [-0.1, -0.05) is 12.1 Å². The monoisotopic (exact) mass is 466 g/mol. The van der Waals surface area contributed by atoms with Gasteiger partial charge < -0.3 is 15.0 Å². The van der Waals surface area contributed by atoms with Crippen molar-refractivity contribution in [3.05, 3.63) is 64.8 Å². The van der Waals surface area contributed by atoms with Gasteiger partial charge in [-0.3, -0.25) is 9.52 Å². The lowest BCUT2D eigenvalue weighted by molar-refractivity contribution is -0.104. The maximum absolute atomic E-state index is 12.8. The Bertz CT molecular complexity index is 1070. The number of hydrogen-bond donors (Lipinski definition) is 2. The highest BCUT2D eigenvalue weighted by Gasteiger charge is 2.20. The number of ether oxygens (including phenoxy) is 1. The molecule has 0 unspecified atom stereocenters. The van der Waals surface area contributed by atoms with Gasteiger partial charge in [0.15, 0.2) is 0 Å². The molecule has 1 heterocycles. The van der Waals surface area contributed by atoms with Crippen molar-refractivity contribution in [1.29, 1.82) is 0 Å². The van der Waals surface area contributed by atoms with E-state index in [1.165, 1.54) is 11.6 Å². The number of amides is 2. The van der Waals surface area contributed by atoms with E-state index in [9.17, 15) is 9.59 Å². The first-order valence-electron chi connectivity index (χ1n) is 10.9. The van der Waals surface area contributed by atoms with E-state index >= 15 is 0 Å². The highest BCUT2D eigenvalue weighted by molar-refractivity contribution is 8.02. The molecule has 0 fully saturated rings. The number of pyridine rings is 1. The minimum absolute atomic E-state index is 0.324. The van der Waals surface area contributed by atoms with Gasteiger partial charge in [-0.15, -0.1) is 0 Å². The number of nitrogens with one attached hydrogen (secondary N) is 2. The maximum atomic E-state index is 12.8. The van der Waals surface area contributed by atoms with E-state index in [2.05, 4.69) is 34.9 Å². The van der Waals surface area contributed by atoms with E-state index in [1.807, 2.05) is 36.3 Å². The number of anilines is 1. The number of aryl methyl sites for hydroxylation is 1. The van der Waals surface area contributed by atoms with Gasteiger partial charge in [0.05, 0.1) is 12.8 Å². The second-order valence-corrected chi connectivity index (χ2v) is 8.88. The molecule has 1 aliphatic carbocycles. The molecule has 0 aliphatic heterocycles. The van der Waals surface area contributed by atoms with Gasteiger partial charge in [0.1, 0.15) is 6.29 Å². The fourth-order valence-corrected chi connectivity index (χ4v) is 4.05. The Morgan fingerprint density at radius 3 is 2.82 bits per heavy atom. The molecule has 0 atom stereocenters. The van der Waals surface area contributed by atoms with Crippen molar-refractivity contribution in [2.24, 2.45) is 0 Å². The predicted molar refractivity (Wildman–Crippen MR) is 134 cm³/mol. The predicted octanol–water partition coefficient (Wildman–Crippen LogP) is 4.95. The number of rotatable bonds is 9. The summed E-state index contributed by atoms with van der Waals surface area (Å²) < 4.78 is 8.07. The fraction of sp³-hybridized carbons (Fsp3) is 0.320. The molecular weight excluding hydrogens is 436 g/mol. The summed E-state index contributed by atoms with van der Waals surface area (Å²) in [7, 11) is 3.53. The first-order chi connectivity index (χ1) is 15.9. The molecule has 8 heteroatoms. The zero-order valence-corrected chi connectivity index (χ0v) is 20.2. The number of allylic oxidation sites excluding steroid dienone is 2. The largest absolute Gasteiger partial charge is 0.481 e. The number of nitrogens with zero attached hydrogens (tertiary/aromatic N) is 2. The summed E-state index contributed by atoms with van der Waals surface area (Å²) in [4.78, 5) is 30.7. The van der Waals surface area contributed by atoms with Gasteiger partial charge in [-0.2, -0.15) is 0 Å². The molecule has 1 aliphatic rings. The molecule has 1 aromatic heterocycles. The second-order valence-electron chi connectivity index (χ2n) is 8.00. The molecule has 0 spiro atoms. The lowest BCUT2D eigenvalue weighted by Crippen LogP contribution is -2.24. The van der Waals surface area contributed by atoms with Crippen LogP contribution >= 0.6 is 11.9 Å². The average Bonchev–Trinajstić information content (AvgIpc) is 3.30. The number of hydrogen-bond acceptors (Lipinski definition) is 6. The SMILES string of the molecule is COc1cc(-c2ccc3c(c2NC(=O)NSC(/C=C\N(C)C(C)C)=C/C=O)CCC3)ccn1. The topological polar surface area (TPSA) is 83.6 Å². The number of carbonyl (C=O) groups is 2. The first kappa shape index (κ1) is 24.4. The molecule has 33 heavy (non-hydrogen) atoms. The van der Waals surface area contributed by atoms with Crippen LogP contribution in [0.4, 0.5) is 10.5 Å². The zero-order valence-electron chi connectivity index (χ0n) is 19.4. The number of methoxy groups -OCH3 is 1. The van der Waals surface area contributed by atoms with Crippen molar-refractivity contribution >= 4 is 30.0 Å². The van der Waals surface area contributed by atoms with E-state index in [0.717, 1.165) is 53.6 Å². The van der Waals surface area contributed by atoms with E-state index in [0.29, 0.717) is 23.1 Å². The minimum Gasteiger partial charge on any atom is -0.481 e. The number of benzene rings is 1. The van der Waals surface area contributed by atoms with Crippen molar-refractivity contribution in [2.75, 3.05) is 19.5 Å². The Hall–Kier alpha value is -3.26. The Morgan fingerprint density at radius 2 is 2.09 bits per heavy atom. The van der Waals surface area contributed by atoms with Crippen molar-refractivity contribution in [3.63, 3.8) is 0 Å². The van der Waals surface area contributed by atoms with Crippen LogP contribution < -0.4 is 14.8 Å². The van der Waals surface area contributed by atoms with Gasteiger partial charge in [0.2, 0.25) is 5.88 Å². The lowest BCUT2D eigenvalue weighted by atomic mass is 9.98. The molecule has 0 radical (unpaired) electrons. The summed E-state index contributed by atoms with van der Waals surface area (Å²) in [5.74, 6) is 0.515. The normalized spacial score (nSPS) is 13.2. The summed E-state index contributed by atoms with van der Waals surface area (Å²) in [6.07, 6.45) is 10.5. The Kier molecular flexibility index (Phi) is 8.54. The van der Waals surface area contributed by atoms with Gasteiger partial charge in [0.25, 0.3) is 0 Å². The van der Waals surface area contributed by atoms with E-state index in [-0.39, 0.29) is 6.03 Å². The molecule has 174 valence electrons. The summed E-state index contributed by atoms with van der Waals surface area (Å²) in [6, 6.07) is 7.89. The average molecular weight is 467 g/mol. The summed E-state index contributed by atoms with van der Waals surface area (Å²) in [5, 5.41) is 3.05. The fourth-order valence-electron chi connectivity index (χ4n) is 3.54. The van der Waals surface area contributed by atoms with Crippen LogP contribution in [-0.2, 0) is 17.6 Å². The molecule has 1 aromatic carbocycles. The number of fused-ring (bicyclic) bond motifs is 1. The minimum atomic E-state index is -0.356. The highest BCUT2D eigenvalue weighted by Crippen LogP contribution is 2.38. The number of aldehydes is 1. The molecule has 2 N–H and O–H groups in total. The molecule has 7 nitrogen and oxygen atoms in total. The van der Waals surface area contributed by atoms with Crippen molar-refractivity contribution < 1.29 is 14.3 Å². The maximum Gasteiger partial charge on any atom is 0.329 e. The Labute approximate surface area is 199 Å². The van der Waals surface area contributed by atoms with Crippen LogP contribution in [0.2, 0.25) is 0 Å². The third-order valence-electron chi connectivity index (χ3n) is 5.56.